The Kier molecular flexibility index (Phi) is 3.55. The average Bonchev–Trinajstić information content (AvgIpc) is 2.72. The number of hydrogen-bond acceptors (Lipinski definition) is 5. The zero-order valence-corrected chi connectivity index (χ0v) is 12.4. The molecule has 0 aromatic heterocycles. The van der Waals surface area contributed by atoms with Crippen molar-refractivity contribution in [2.45, 2.75) is 32.2 Å². The van der Waals surface area contributed by atoms with Crippen molar-refractivity contribution >= 4 is 29.4 Å². The summed E-state index contributed by atoms with van der Waals surface area (Å²) in [6.07, 6.45) is 0.230. The Labute approximate surface area is 131 Å². The van der Waals surface area contributed by atoms with Gasteiger partial charge in [-0.05, 0) is 25.0 Å². The first-order valence-corrected chi connectivity index (χ1v) is 7.23. The molecule has 4 amide bonds. The van der Waals surface area contributed by atoms with Gasteiger partial charge in [-0.25, -0.2) is 0 Å². The van der Waals surface area contributed by atoms with E-state index in [4.69, 9.17) is 0 Å². The van der Waals surface area contributed by atoms with Crippen LogP contribution in [0.15, 0.2) is 18.2 Å². The number of imide groups is 2. The molecule has 118 valence electrons. The fourth-order valence-electron chi connectivity index (χ4n) is 3.00. The largest absolute Gasteiger partial charge is 0.300 e. The number of hydrogen-bond donors (Lipinski definition) is 1. The maximum Gasteiger partial charge on any atom is 0.262 e. The minimum atomic E-state index is -0.995. The smallest absolute Gasteiger partial charge is 0.262 e. The van der Waals surface area contributed by atoms with Crippen molar-refractivity contribution in [3.8, 4) is 0 Å². The van der Waals surface area contributed by atoms with Gasteiger partial charge >= 0.3 is 0 Å². The summed E-state index contributed by atoms with van der Waals surface area (Å²) in [6.45, 7) is 1.40. The van der Waals surface area contributed by atoms with Crippen LogP contribution < -0.4 is 5.32 Å². The molecule has 2 aliphatic heterocycles. The number of piperidine rings is 1. The molecule has 1 N–H and O–H groups in total. The van der Waals surface area contributed by atoms with Gasteiger partial charge in [-0.1, -0.05) is 12.1 Å². The molecule has 1 aromatic carbocycles. The van der Waals surface area contributed by atoms with E-state index in [-0.39, 0.29) is 36.2 Å². The number of rotatable bonds is 3. The first-order valence-electron chi connectivity index (χ1n) is 7.23. The molecule has 2 aliphatic rings. The first-order chi connectivity index (χ1) is 10.9. The number of amides is 4. The predicted molar refractivity (Wildman–Crippen MR) is 77.5 cm³/mol. The van der Waals surface area contributed by atoms with Crippen LogP contribution in [0.5, 0.6) is 0 Å². The number of benzene rings is 1. The second kappa shape index (κ2) is 5.42. The Balaban J connectivity index is 1.99. The standard InChI is InChI=1S/C16H14N2O5/c1-8(19)7-9-3-2-4-10-13(9)16(23)18(15(10)22)11-5-6-12(20)17-14(11)21/h2-4,11H,5-7H2,1H3,(H,17,20,21). The minimum Gasteiger partial charge on any atom is -0.300 e. The normalized spacial score (nSPS) is 20.6. The quantitative estimate of drug-likeness (QED) is 0.804. The minimum absolute atomic E-state index is 0.0470. The van der Waals surface area contributed by atoms with Gasteiger partial charge in [0.15, 0.2) is 0 Å². The van der Waals surface area contributed by atoms with Gasteiger partial charge < -0.3 is 0 Å². The lowest BCUT2D eigenvalue weighted by molar-refractivity contribution is -0.136. The summed E-state index contributed by atoms with van der Waals surface area (Å²) in [5.41, 5.74) is 0.846. The molecule has 1 unspecified atom stereocenters. The molecule has 23 heavy (non-hydrogen) atoms. The van der Waals surface area contributed by atoms with Crippen molar-refractivity contribution in [2.75, 3.05) is 0 Å². The van der Waals surface area contributed by atoms with E-state index in [9.17, 15) is 24.0 Å². The van der Waals surface area contributed by atoms with Crippen LogP contribution in [0.2, 0.25) is 0 Å². The van der Waals surface area contributed by atoms with E-state index >= 15 is 0 Å². The second-order valence-electron chi connectivity index (χ2n) is 5.67. The molecule has 0 bridgehead atoms. The summed E-state index contributed by atoms with van der Waals surface area (Å²) in [7, 11) is 0. The van der Waals surface area contributed by atoms with Gasteiger partial charge in [-0.2, -0.15) is 0 Å². The van der Waals surface area contributed by atoms with Crippen molar-refractivity contribution in [3.05, 3.63) is 34.9 Å². The highest BCUT2D eigenvalue weighted by molar-refractivity contribution is 6.24. The highest BCUT2D eigenvalue weighted by atomic mass is 16.2. The van der Waals surface area contributed by atoms with Crippen molar-refractivity contribution in [3.63, 3.8) is 0 Å². The molecular formula is C16H14N2O5. The molecule has 2 heterocycles. The van der Waals surface area contributed by atoms with Gasteiger partial charge in [0.1, 0.15) is 11.8 Å². The molecule has 0 radical (unpaired) electrons. The summed E-state index contributed by atoms with van der Waals surface area (Å²) >= 11 is 0. The third-order valence-electron chi connectivity index (χ3n) is 3.99. The van der Waals surface area contributed by atoms with Crippen molar-refractivity contribution in [2.24, 2.45) is 0 Å². The van der Waals surface area contributed by atoms with Crippen LogP contribution in [-0.4, -0.2) is 40.4 Å². The van der Waals surface area contributed by atoms with E-state index in [2.05, 4.69) is 5.32 Å². The summed E-state index contributed by atoms with van der Waals surface area (Å²) in [6, 6.07) is 3.74. The number of nitrogens with zero attached hydrogens (tertiary/aromatic N) is 1. The highest BCUT2D eigenvalue weighted by Gasteiger charge is 2.45. The van der Waals surface area contributed by atoms with Crippen molar-refractivity contribution < 1.29 is 24.0 Å². The molecule has 0 saturated carbocycles. The van der Waals surface area contributed by atoms with Crippen LogP contribution in [0.25, 0.3) is 0 Å². The van der Waals surface area contributed by atoms with Gasteiger partial charge in [0.05, 0.1) is 11.1 Å². The summed E-state index contributed by atoms with van der Waals surface area (Å²) in [5, 5.41) is 2.14. The molecule has 0 spiro atoms. The fraction of sp³-hybridized carbons (Fsp3) is 0.312. The molecule has 1 aromatic rings. The highest BCUT2D eigenvalue weighted by Crippen LogP contribution is 2.30. The van der Waals surface area contributed by atoms with E-state index in [1.54, 1.807) is 12.1 Å². The second-order valence-corrected chi connectivity index (χ2v) is 5.67. The number of Topliss-reactive ketones (excluding diaryl/α,β-unsaturated/α-hetero) is 1. The number of nitrogens with one attached hydrogen (secondary N) is 1. The van der Waals surface area contributed by atoms with E-state index in [0.29, 0.717) is 5.56 Å². The molecule has 1 fully saturated rings. The Hall–Kier alpha value is -2.83. The number of carbonyl (C=O) groups excluding carboxylic acids is 5. The average molecular weight is 314 g/mol. The van der Waals surface area contributed by atoms with Crippen LogP contribution in [0, 0.1) is 0 Å². The van der Waals surface area contributed by atoms with E-state index < -0.39 is 29.7 Å². The van der Waals surface area contributed by atoms with Gasteiger partial charge in [0.25, 0.3) is 11.8 Å². The third-order valence-corrected chi connectivity index (χ3v) is 3.99. The lowest BCUT2D eigenvalue weighted by Gasteiger charge is -2.27. The van der Waals surface area contributed by atoms with E-state index in [1.165, 1.54) is 13.0 Å². The number of carbonyl (C=O) groups is 5. The van der Waals surface area contributed by atoms with Crippen LogP contribution in [0.3, 0.4) is 0 Å². The molecule has 7 heteroatoms. The van der Waals surface area contributed by atoms with Crippen molar-refractivity contribution in [1.29, 1.82) is 0 Å². The van der Waals surface area contributed by atoms with Crippen LogP contribution in [-0.2, 0) is 20.8 Å². The maximum absolute atomic E-state index is 12.7. The summed E-state index contributed by atoms with van der Waals surface area (Å²) in [5.74, 6) is -2.34. The molecule has 7 nitrogen and oxygen atoms in total. The third kappa shape index (κ3) is 2.44. The Bertz CT molecular complexity index is 768. The van der Waals surface area contributed by atoms with Crippen LogP contribution >= 0.6 is 0 Å². The Morgan fingerprint density at radius 2 is 1.96 bits per heavy atom. The van der Waals surface area contributed by atoms with Gasteiger partial charge in [0.2, 0.25) is 11.8 Å². The van der Waals surface area contributed by atoms with E-state index in [0.717, 1.165) is 4.90 Å². The summed E-state index contributed by atoms with van der Waals surface area (Å²) < 4.78 is 0. The monoisotopic (exact) mass is 314 g/mol. The zero-order chi connectivity index (χ0) is 16.7. The lowest BCUT2D eigenvalue weighted by Crippen LogP contribution is -2.54. The zero-order valence-electron chi connectivity index (χ0n) is 12.4. The first kappa shape index (κ1) is 15.1. The Morgan fingerprint density at radius 1 is 1.22 bits per heavy atom. The van der Waals surface area contributed by atoms with Gasteiger partial charge in [0, 0.05) is 12.8 Å². The molecule has 0 aliphatic carbocycles. The molecule has 3 rings (SSSR count). The molecular weight excluding hydrogens is 300 g/mol. The van der Waals surface area contributed by atoms with Crippen molar-refractivity contribution in [1.82, 2.24) is 10.2 Å². The molecule has 1 atom stereocenters. The summed E-state index contributed by atoms with van der Waals surface area (Å²) in [4.78, 5) is 60.6. The maximum atomic E-state index is 12.7. The topological polar surface area (TPSA) is 101 Å². The fourth-order valence-corrected chi connectivity index (χ4v) is 3.00. The Morgan fingerprint density at radius 3 is 2.61 bits per heavy atom. The van der Waals surface area contributed by atoms with Gasteiger partial charge in [-0.15, -0.1) is 0 Å². The SMILES string of the molecule is CC(=O)Cc1cccc2c1C(=O)N(C1CCC(=O)NC1=O)C2=O. The van der Waals surface area contributed by atoms with Crippen LogP contribution in [0.1, 0.15) is 46.0 Å². The lowest BCUT2D eigenvalue weighted by atomic mass is 9.99. The van der Waals surface area contributed by atoms with Gasteiger partial charge in [-0.3, -0.25) is 34.2 Å². The van der Waals surface area contributed by atoms with E-state index in [1.807, 2.05) is 0 Å². The number of ketones is 1. The predicted octanol–water partition coefficient (Wildman–Crippen LogP) is 0.219. The molecule has 1 saturated heterocycles. The van der Waals surface area contributed by atoms with Crippen LogP contribution in [0.4, 0.5) is 0 Å². The number of fused-ring (bicyclic) bond motifs is 1.